The normalized spacial score (nSPS) is 11.4. The van der Waals surface area contributed by atoms with E-state index in [0.717, 1.165) is 32.1 Å². The molecule has 0 bridgehead atoms. The number of Topliss-reactive ketones (excluding diaryl/α,β-unsaturated/α-hetero) is 1. The molecule has 1 nitrogen and oxygen atoms in total. The predicted molar refractivity (Wildman–Crippen MR) is 155 cm³/mol. The second kappa shape index (κ2) is 30.7. The third-order valence-corrected chi connectivity index (χ3v) is 7.62. The van der Waals surface area contributed by atoms with Crippen LogP contribution in [0.1, 0.15) is 206 Å². The fourth-order valence-corrected chi connectivity index (χ4v) is 5.14. The van der Waals surface area contributed by atoms with Gasteiger partial charge in [0, 0.05) is 12.8 Å². The predicted octanol–water partition coefficient (Wildman–Crippen LogP) is 12.3. The molecule has 0 saturated carbocycles. The number of carbonyl (C=O) groups excluding carboxylic acids is 1. The summed E-state index contributed by atoms with van der Waals surface area (Å²) in [6.07, 6.45) is 41.1. The molecule has 0 aromatic rings. The average Bonchev–Trinajstić information content (AvgIpc) is 2.84. The number of hydrogen-bond acceptors (Lipinski definition) is 1. The average molecular weight is 479 g/mol. The van der Waals surface area contributed by atoms with Gasteiger partial charge in [0.1, 0.15) is 5.78 Å². The number of unbranched alkanes of at least 4 members (excludes halogenated alkanes) is 26. The van der Waals surface area contributed by atoms with Gasteiger partial charge >= 0.3 is 0 Å². The first-order valence-electron chi connectivity index (χ1n) is 16.3. The lowest BCUT2D eigenvalue weighted by molar-refractivity contribution is -0.119. The molecule has 0 aromatic heterocycles. The molecule has 34 heavy (non-hydrogen) atoms. The van der Waals surface area contributed by atoms with Gasteiger partial charge in [-0.2, -0.15) is 0 Å². The number of carbonyl (C=O) groups is 1. The molecule has 0 spiro atoms. The molecular weight excluding hydrogens is 412 g/mol. The highest BCUT2D eigenvalue weighted by Gasteiger charge is 2.01. The van der Waals surface area contributed by atoms with Crippen LogP contribution in [0.3, 0.4) is 0 Å². The maximum absolute atomic E-state index is 11.6. The zero-order chi connectivity index (χ0) is 24.8. The summed E-state index contributed by atoms with van der Waals surface area (Å²) in [5.41, 5.74) is 0. The Morgan fingerprint density at radius 2 is 0.500 bits per heavy atom. The molecule has 0 atom stereocenters. The lowest BCUT2D eigenvalue weighted by Gasteiger charge is -2.04. The SMILES string of the molecule is CCCCCCCCCCCCCCCCCCCCCCCCCCCCC(=O)CCCC. The van der Waals surface area contributed by atoms with Crippen LogP contribution in [0.2, 0.25) is 0 Å². The third kappa shape index (κ3) is 29.7. The van der Waals surface area contributed by atoms with Crippen molar-refractivity contribution in [2.75, 3.05) is 0 Å². The molecule has 0 unspecified atom stereocenters. The Morgan fingerprint density at radius 1 is 0.294 bits per heavy atom. The quantitative estimate of drug-likeness (QED) is 0.0938. The zero-order valence-corrected chi connectivity index (χ0v) is 24.1. The number of ketones is 1. The summed E-state index contributed by atoms with van der Waals surface area (Å²) in [4.78, 5) is 11.6. The standard InChI is InChI=1S/C33H66O/c1-3-5-7-8-9-10-11-12-13-14-15-16-17-18-19-20-21-22-23-24-25-26-27-28-29-30-32-33(34)31-6-4-2/h3-32H2,1-2H3. The van der Waals surface area contributed by atoms with Crippen LogP contribution >= 0.6 is 0 Å². The topological polar surface area (TPSA) is 17.1 Å². The summed E-state index contributed by atoms with van der Waals surface area (Å²) in [6.45, 7) is 4.46. The first kappa shape index (κ1) is 33.7. The highest BCUT2D eigenvalue weighted by Crippen LogP contribution is 2.16. The summed E-state index contributed by atoms with van der Waals surface area (Å²) in [7, 11) is 0. The van der Waals surface area contributed by atoms with Gasteiger partial charge in [0.15, 0.2) is 0 Å². The molecular formula is C33H66O. The van der Waals surface area contributed by atoms with Crippen LogP contribution < -0.4 is 0 Å². The van der Waals surface area contributed by atoms with E-state index in [1.165, 1.54) is 161 Å². The number of hydrogen-bond donors (Lipinski definition) is 0. The van der Waals surface area contributed by atoms with E-state index < -0.39 is 0 Å². The minimum absolute atomic E-state index is 0.492. The Morgan fingerprint density at radius 3 is 0.765 bits per heavy atom. The molecule has 0 aliphatic carbocycles. The minimum Gasteiger partial charge on any atom is -0.300 e. The van der Waals surface area contributed by atoms with Crippen LogP contribution in [0.4, 0.5) is 0 Å². The maximum Gasteiger partial charge on any atom is 0.132 e. The lowest BCUT2D eigenvalue weighted by atomic mass is 10.0. The third-order valence-electron chi connectivity index (χ3n) is 7.62. The largest absolute Gasteiger partial charge is 0.300 e. The minimum atomic E-state index is 0.492. The second-order valence-electron chi connectivity index (χ2n) is 11.2. The van der Waals surface area contributed by atoms with Crippen molar-refractivity contribution in [1.29, 1.82) is 0 Å². The van der Waals surface area contributed by atoms with Crippen molar-refractivity contribution in [1.82, 2.24) is 0 Å². The van der Waals surface area contributed by atoms with Crippen LogP contribution in [0.25, 0.3) is 0 Å². The Bertz CT molecular complexity index is 375. The Balaban J connectivity index is 3.05. The molecule has 0 rings (SSSR count). The van der Waals surface area contributed by atoms with Gasteiger partial charge in [-0.15, -0.1) is 0 Å². The molecule has 1 heteroatoms. The molecule has 0 radical (unpaired) electrons. The maximum atomic E-state index is 11.6. The molecule has 0 fully saturated rings. The van der Waals surface area contributed by atoms with Gasteiger partial charge in [0.25, 0.3) is 0 Å². The Hall–Kier alpha value is -0.330. The zero-order valence-electron chi connectivity index (χ0n) is 24.1. The van der Waals surface area contributed by atoms with E-state index >= 15 is 0 Å². The van der Waals surface area contributed by atoms with E-state index in [1.54, 1.807) is 0 Å². The van der Waals surface area contributed by atoms with Crippen LogP contribution in [0.15, 0.2) is 0 Å². The molecule has 0 heterocycles. The van der Waals surface area contributed by atoms with Crippen molar-refractivity contribution in [3.8, 4) is 0 Å². The summed E-state index contributed by atoms with van der Waals surface area (Å²) >= 11 is 0. The molecule has 0 N–H and O–H groups in total. The molecule has 0 aliphatic heterocycles. The Kier molecular flexibility index (Phi) is 30.4. The highest BCUT2D eigenvalue weighted by atomic mass is 16.1. The lowest BCUT2D eigenvalue weighted by Crippen LogP contribution is -1.96. The van der Waals surface area contributed by atoms with E-state index in [-0.39, 0.29) is 0 Å². The van der Waals surface area contributed by atoms with Crippen LogP contribution in [-0.4, -0.2) is 5.78 Å². The van der Waals surface area contributed by atoms with E-state index in [0.29, 0.717) is 5.78 Å². The fourth-order valence-electron chi connectivity index (χ4n) is 5.14. The second-order valence-corrected chi connectivity index (χ2v) is 11.2. The van der Waals surface area contributed by atoms with Gasteiger partial charge < -0.3 is 0 Å². The van der Waals surface area contributed by atoms with Crippen molar-refractivity contribution in [2.24, 2.45) is 0 Å². The molecule has 0 amide bonds. The number of rotatable bonds is 30. The monoisotopic (exact) mass is 479 g/mol. The van der Waals surface area contributed by atoms with Gasteiger partial charge in [0.2, 0.25) is 0 Å². The molecule has 0 saturated heterocycles. The van der Waals surface area contributed by atoms with Crippen molar-refractivity contribution >= 4 is 5.78 Å². The molecule has 0 aromatic carbocycles. The van der Waals surface area contributed by atoms with Crippen molar-refractivity contribution < 1.29 is 4.79 Å². The first-order chi connectivity index (χ1) is 16.8. The summed E-state index contributed by atoms with van der Waals surface area (Å²) in [5.74, 6) is 0.492. The summed E-state index contributed by atoms with van der Waals surface area (Å²) in [5, 5.41) is 0. The smallest absolute Gasteiger partial charge is 0.132 e. The van der Waals surface area contributed by atoms with Crippen molar-refractivity contribution in [2.45, 2.75) is 206 Å². The van der Waals surface area contributed by atoms with E-state index in [4.69, 9.17) is 0 Å². The van der Waals surface area contributed by atoms with E-state index in [2.05, 4.69) is 13.8 Å². The van der Waals surface area contributed by atoms with Gasteiger partial charge in [-0.25, -0.2) is 0 Å². The van der Waals surface area contributed by atoms with Crippen LogP contribution in [0.5, 0.6) is 0 Å². The van der Waals surface area contributed by atoms with Crippen LogP contribution in [0, 0.1) is 0 Å². The van der Waals surface area contributed by atoms with Crippen LogP contribution in [-0.2, 0) is 4.79 Å². The van der Waals surface area contributed by atoms with E-state index in [1.807, 2.05) is 0 Å². The van der Waals surface area contributed by atoms with Crippen molar-refractivity contribution in [3.63, 3.8) is 0 Å². The van der Waals surface area contributed by atoms with Gasteiger partial charge in [-0.1, -0.05) is 181 Å². The van der Waals surface area contributed by atoms with Gasteiger partial charge in [-0.05, 0) is 12.8 Å². The van der Waals surface area contributed by atoms with Crippen molar-refractivity contribution in [3.05, 3.63) is 0 Å². The summed E-state index contributed by atoms with van der Waals surface area (Å²) < 4.78 is 0. The Labute approximate surface area is 217 Å². The van der Waals surface area contributed by atoms with Gasteiger partial charge in [0.05, 0.1) is 0 Å². The molecule has 204 valence electrons. The highest BCUT2D eigenvalue weighted by molar-refractivity contribution is 5.78. The fraction of sp³-hybridized carbons (Fsp3) is 0.970. The first-order valence-corrected chi connectivity index (χ1v) is 16.3. The van der Waals surface area contributed by atoms with E-state index in [9.17, 15) is 4.79 Å². The molecule has 0 aliphatic rings. The summed E-state index contributed by atoms with van der Waals surface area (Å²) in [6, 6.07) is 0. The van der Waals surface area contributed by atoms with Gasteiger partial charge in [-0.3, -0.25) is 4.79 Å².